The normalized spacial score (nSPS) is 14.0. The van der Waals surface area contributed by atoms with Crippen molar-refractivity contribution in [1.29, 1.82) is 0 Å². The number of hydrazine groups is 1. The van der Waals surface area contributed by atoms with Crippen LogP contribution < -0.4 is 5.43 Å². The molecule has 0 unspecified atom stereocenters. The number of aromatic carboxylic acids is 2. The van der Waals surface area contributed by atoms with E-state index < -0.39 is 46.6 Å². The van der Waals surface area contributed by atoms with Gasteiger partial charge in [0, 0.05) is 6.08 Å². The quantitative estimate of drug-likeness (QED) is 0.593. The van der Waals surface area contributed by atoms with E-state index in [1.54, 1.807) is 0 Å². The number of hydrogen-bond acceptors (Lipinski definition) is 8. The van der Waals surface area contributed by atoms with Gasteiger partial charge in [0.1, 0.15) is 0 Å². The number of sulfonamides is 1. The first kappa shape index (κ1) is 21.0. The Hall–Kier alpha value is -3.71. The second kappa shape index (κ2) is 7.61. The minimum absolute atomic E-state index is 0.224. The zero-order valence-corrected chi connectivity index (χ0v) is 16.4. The number of benzene rings is 2. The molecule has 2 aromatic rings. The van der Waals surface area contributed by atoms with E-state index in [0.29, 0.717) is 0 Å². The van der Waals surface area contributed by atoms with Gasteiger partial charge in [0.25, 0.3) is 10.0 Å². The highest BCUT2D eigenvalue weighted by atomic mass is 32.2. The third-order valence-electron chi connectivity index (χ3n) is 3.82. The van der Waals surface area contributed by atoms with E-state index in [-0.39, 0.29) is 15.7 Å². The zero-order chi connectivity index (χ0) is 22.1. The lowest BCUT2D eigenvalue weighted by molar-refractivity contribution is 0.0685. The largest absolute Gasteiger partial charge is 0.478 e. The van der Waals surface area contributed by atoms with Crippen LogP contribution in [0.5, 0.6) is 0 Å². The van der Waals surface area contributed by atoms with Crippen LogP contribution in [0.3, 0.4) is 0 Å². The van der Waals surface area contributed by atoms with Crippen LogP contribution in [0.1, 0.15) is 20.7 Å². The molecule has 30 heavy (non-hydrogen) atoms. The molecule has 0 aliphatic carbocycles. The lowest BCUT2D eigenvalue weighted by Gasteiger charge is -2.21. The molecule has 1 aliphatic rings. The third kappa shape index (κ3) is 3.88. The summed E-state index contributed by atoms with van der Waals surface area (Å²) in [4.78, 5) is 21.3. The van der Waals surface area contributed by atoms with Gasteiger partial charge in [-0.05, 0) is 36.4 Å². The first-order chi connectivity index (χ1) is 14.0. The number of nitrogens with zero attached hydrogens (tertiary/aromatic N) is 2. The van der Waals surface area contributed by atoms with Crippen molar-refractivity contribution in [2.24, 2.45) is 5.10 Å². The summed E-state index contributed by atoms with van der Waals surface area (Å²) in [5.74, 6) is -2.70. The average Bonchev–Trinajstić information content (AvgIpc) is 2.74. The molecule has 2 aromatic carbocycles. The molecule has 3 N–H and O–H groups in total. The second-order valence-electron chi connectivity index (χ2n) is 5.76. The summed E-state index contributed by atoms with van der Waals surface area (Å²) < 4.78 is 51.3. The first-order valence-electron chi connectivity index (χ1n) is 7.93. The standard InChI is InChI=1S/C17H12N3O8S2/c21-16(22)11-3-1-5-13(9-11)29(25,26)15-7-8-18-20(19-15)30(27,28)14-6-2-4-12(10-14)17(23)24/h1-7,9-10,18H,(H,21,22)(H,23,24). The maximum Gasteiger partial charge on any atom is 0.335 e. The van der Waals surface area contributed by atoms with E-state index in [1.807, 2.05) is 0 Å². The molecule has 0 atom stereocenters. The predicted octanol–water partition coefficient (Wildman–Crippen LogP) is 0.696. The number of hydrazone groups is 1. The molecule has 1 heterocycles. The van der Waals surface area contributed by atoms with E-state index in [4.69, 9.17) is 10.2 Å². The van der Waals surface area contributed by atoms with Gasteiger partial charge in [0.2, 0.25) is 9.84 Å². The van der Waals surface area contributed by atoms with E-state index in [1.165, 1.54) is 24.3 Å². The van der Waals surface area contributed by atoms with Crippen molar-refractivity contribution in [2.45, 2.75) is 9.79 Å². The molecule has 0 aromatic heterocycles. The summed E-state index contributed by atoms with van der Waals surface area (Å²) in [6, 6.07) is 8.85. The van der Waals surface area contributed by atoms with Gasteiger partial charge in [-0.1, -0.05) is 16.7 Å². The average molecular weight is 450 g/mol. The van der Waals surface area contributed by atoms with Gasteiger partial charge in [0.15, 0.2) is 5.04 Å². The van der Waals surface area contributed by atoms with Crippen molar-refractivity contribution in [1.82, 2.24) is 9.95 Å². The molecule has 13 heteroatoms. The van der Waals surface area contributed by atoms with Crippen LogP contribution in [0, 0.1) is 6.20 Å². The van der Waals surface area contributed by atoms with Crippen LogP contribution in [-0.2, 0) is 19.9 Å². The number of carbonyl (C=O) groups is 2. The first-order valence-corrected chi connectivity index (χ1v) is 10.9. The number of hydrogen-bond donors (Lipinski definition) is 3. The SMILES string of the molecule is O=C(O)c1cccc(S(=O)(=O)C2=NN(S(=O)(=O)c3cccc(C(=O)O)c3)N[C]=C2)c1. The monoisotopic (exact) mass is 450 g/mol. The Morgan fingerprint density at radius 1 is 0.900 bits per heavy atom. The molecule has 3 rings (SSSR count). The summed E-state index contributed by atoms with van der Waals surface area (Å²) in [5, 5.41) is 20.9. The molecule has 1 radical (unpaired) electrons. The van der Waals surface area contributed by atoms with Crippen molar-refractivity contribution in [3.8, 4) is 0 Å². The number of carboxylic acid groups (broad SMARTS) is 2. The van der Waals surface area contributed by atoms with Crippen molar-refractivity contribution in [3.05, 3.63) is 71.9 Å². The van der Waals surface area contributed by atoms with E-state index in [9.17, 15) is 26.4 Å². The molecule has 0 fully saturated rings. The van der Waals surface area contributed by atoms with Gasteiger partial charge in [-0.2, -0.15) is 8.42 Å². The minimum atomic E-state index is -4.48. The maximum atomic E-state index is 12.8. The molecule has 0 saturated carbocycles. The summed E-state index contributed by atoms with van der Waals surface area (Å²) in [6.45, 7) is 0. The van der Waals surface area contributed by atoms with Gasteiger partial charge < -0.3 is 10.2 Å². The highest BCUT2D eigenvalue weighted by Gasteiger charge is 2.30. The molecule has 155 valence electrons. The van der Waals surface area contributed by atoms with Crippen molar-refractivity contribution in [2.75, 3.05) is 0 Å². The number of nitrogens with one attached hydrogen (secondary N) is 1. The molecular weight excluding hydrogens is 438 g/mol. The Bertz CT molecular complexity index is 1310. The highest BCUT2D eigenvalue weighted by Crippen LogP contribution is 2.21. The fourth-order valence-corrected chi connectivity index (χ4v) is 4.67. The smallest absolute Gasteiger partial charge is 0.335 e. The number of carboxylic acids is 2. The summed E-state index contributed by atoms with van der Waals surface area (Å²) in [6.07, 6.45) is 3.12. The van der Waals surface area contributed by atoms with E-state index in [2.05, 4.69) is 16.7 Å². The Labute approximate surface area is 170 Å². The number of rotatable bonds is 5. The molecule has 0 bridgehead atoms. The van der Waals surface area contributed by atoms with E-state index in [0.717, 1.165) is 30.3 Å². The highest BCUT2D eigenvalue weighted by molar-refractivity contribution is 8.06. The molecule has 0 saturated heterocycles. The van der Waals surface area contributed by atoms with Crippen LogP contribution in [0.4, 0.5) is 0 Å². The van der Waals surface area contributed by atoms with Crippen LogP contribution in [-0.4, -0.2) is 48.6 Å². The Morgan fingerprint density at radius 2 is 1.43 bits per heavy atom. The summed E-state index contributed by atoms with van der Waals surface area (Å²) in [5.41, 5.74) is 1.56. The van der Waals surface area contributed by atoms with Gasteiger partial charge >= 0.3 is 11.9 Å². The Morgan fingerprint density at radius 3 is 2.00 bits per heavy atom. The summed E-state index contributed by atoms with van der Waals surface area (Å²) in [7, 11) is -8.87. The second-order valence-corrected chi connectivity index (χ2v) is 9.42. The van der Waals surface area contributed by atoms with Gasteiger partial charge in [-0.15, -0.1) is 5.10 Å². The Balaban J connectivity index is 2.03. The third-order valence-corrected chi connectivity index (χ3v) is 6.92. The van der Waals surface area contributed by atoms with Gasteiger partial charge in [-0.25, -0.2) is 18.0 Å². The van der Waals surface area contributed by atoms with Crippen molar-refractivity contribution in [3.63, 3.8) is 0 Å². The fraction of sp³-hybridized carbons (Fsp3) is 0. The molecule has 11 nitrogen and oxygen atoms in total. The molecular formula is C17H12N3O8S2. The molecule has 0 amide bonds. The lowest BCUT2D eigenvalue weighted by atomic mass is 10.2. The fourth-order valence-electron chi connectivity index (χ4n) is 2.34. The lowest BCUT2D eigenvalue weighted by Crippen LogP contribution is -2.40. The molecule has 0 spiro atoms. The van der Waals surface area contributed by atoms with Crippen LogP contribution in [0.15, 0.2) is 69.5 Å². The maximum absolute atomic E-state index is 12.8. The zero-order valence-electron chi connectivity index (χ0n) is 14.8. The van der Waals surface area contributed by atoms with Crippen LogP contribution >= 0.6 is 0 Å². The van der Waals surface area contributed by atoms with Crippen molar-refractivity contribution < 1.29 is 36.6 Å². The Kier molecular flexibility index (Phi) is 5.33. The van der Waals surface area contributed by atoms with Crippen LogP contribution in [0.25, 0.3) is 0 Å². The van der Waals surface area contributed by atoms with Crippen molar-refractivity contribution >= 4 is 36.8 Å². The molecule has 1 aliphatic heterocycles. The topological polar surface area (TPSA) is 171 Å². The van der Waals surface area contributed by atoms with Gasteiger partial charge in [-0.3, -0.25) is 5.43 Å². The minimum Gasteiger partial charge on any atom is -0.478 e. The van der Waals surface area contributed by atoms with Crippen LogP contribution in [0.2, 0.25) is 0 Å². The predicted molar refractivity (Wildman–Crippen MR) is 101 cm³/mol. The van der Waals surface area contributed by atoms with E-state index >= 15 is 0 Å². The summed E-state index contributed by atoms with van der Waals surface area (Å²) >= 11 is 0. The number of sulfone groups is 1. The van der Waals surface area contributed by atoms with Gasteiger partial charge in [0.05, 0.1) is 27.1 Å².